The van der Waals surface area contributed by atoms with E-state index in [-0.39, 0.29) is 10.9 Å². The molecule has 0 unspecified atom stereocenters. The molecule has 0 radical (unpaired) electrons. The van der Waals surface area contributed by atoms with Crippen LogP contribution >= 0.6 is 0 Å². The predicted octanol–water partition coefficient (Wildman–Crippen LogP) is 1.34. The summed E-state index contributed by atoms with van der Waals surface area (Å²) < 4.78 is 26.5. The van der Waals surface area contributed by atoms with E-state index in [1.54, 1.807) is 12.1 Å². The van der Waals surface area contributed by atoms with Gasteiger partial charge in [0.05, 0.1) is 0 Å². The largest absolute Gasteiger partial charge is 0.370 e. The summed E-state index contributed by atoms with van der Waals surface area (Å²) in [6.07, 6.45) is 4.36. The second-order valence-electron chi connectivity index (χ2n) is 4.16. The molecular weight excluding hydrogens is 238 g/mol. The van der Waals surface area contributed by atoms with Gasteiger partial charge in [-0.05, 0) is 31.9 Å². The highest BCUT2D eigenvalue weighted by Gasteiger charge is 2.24. The van der Waals surface area contributed by atoms with E-state index in [0.717, 1.165) is 25.8 Å². The molecular formula is C11H17N3O2S. The molecule has 0 amide bonds. The molecule has 1 aromatic rings. The van der Waals surface area contributed by atoms with Crippen LogP contribution in [0, 0.1) is 0 Å². The van der Waals surface area contributed by atoms with Crippen molar-refractivity contribution in [1.29, 1.82) is 0 Å². The van der Waals surface area contributed by atoms with Crippen LogP contribution in [-0.2, 0) is 10.0 Å². The zero-order chi connectivity index (χ0) is 12.3. The molecule has 5 nitrogen and oxygen atoms in total. The Balaban J connectivity index is 2.09. The summed E-state index contributed by atoms with van der Waals surface area (Å²) in [5.41, 5.74) is 0. The van der Waals surface area contributed by atoms with Gasteiger partial charge >= 0.3 is 0 Å². The average molecular weight is 255 g/mol. The van der Waals surface area contributed by atoms with Crippen LogP contribution in [0.2, 0.25) is 0 Å². The fourth-order valence-corrected chi connectivity index (χ4v) is 2.89. The Bertz CT molecular complexity index is 466. The Morgan fingerprint density at radius 1 is 1.41 bits per heavy atom. The van der Waals surface area contributed by atoms with Gasteiger partial charge in [-0.3, -0.25) is 0 Å². The lowest BCUT2D eigenvalue weighted by atomic mass is 9.94. The quantitative estimate of drug-likeness (QED) is 0.833. The standard InChI is InChI=1S/C11H17N3O2S/c1-2-12-11-7-6-10(8-13-11)17(15,16)14-9-4-3-5-9/h6-9,14H,2-5H2,1H3,(H,12,13). The van der Waals surface area contributed by atoms with Gasteiger partial charge in [-0.1, -0.05) is 6.42 Å². The Labute approximate surface area is 102 Å². The van der Waals surface area contributed by atoms with E-state index in [0.29, 0.717) is 5.82 Å². The van der Waals surface area contributed by atoms with Crippen LogP contribution in [0.25, 0.3) is 0 Å². The van der Waals surface area contributed by atoms with Crippen molar-refractivity contribution in [3.05, 3.63) is 18.3 Å². The first-order chi connectivity index (χ1) is 8.12. The molecule has 94 valence electrons. The minimum absolute atomic E-state index is 0.105. The molecule has 0 atom stereocenters. The zero-order valence-corrected chi connectivity index (χ0v) is 10.6. The van der Waals surface area contributed by atoms with Gasteiger partial charge in [-0.2, -0.15) is 0 Å². The van der Waals surface area contributed by atoms with E-state index in [4.69, 9.17) is 0 Å². The van der Waals surface area contributed by atoms with Crippen molar-refractivity contribution in [2.45, 2.75) is 37.1 Å². The Kier molecular flexibility index (Phi) is 3.63. The number of aromatic nitrogens is 1. The second-order valence-corrected chi connectivity index (χ2v) is 5.87. The number of sulfonamides is 1. The topological polar surface area (TPSA) is 71.1 Å². The zero-order valence-electron chi connectivity index (χ0n) is 9.81. The van der Waals surface area contributed by atoms with Crippen molar-refractivity contribution >= 4 is 15.8 Å². The maximum atomic E-state index is 11.9. The van der Waals surface area contributed by atoms with Crippen LogP contribution in [-0.4, -0.2) is 26.0 Å². The highest BCUT2D eigenvalue weighted by atomic mass is 32.2. The molecule has 1 saturated carbocycles. The van der Waals surface area contributed by atoms with Crippen molar-refractivity contribution in [2.24, 2.45) is 0 Å². The van der Waals surface area contributed by atoms with Gasteiger partial charge in [0.1, 0.15) is 10.7 Å². The number of hydrogen-bond donors (Lipinski definition) is 2. The van der Waals surface area contributed by atoms with E-state index in [1.807, 2.05) is 6.92 Å². The first-order valence-corrected chi connectivity index (χ1v) is 7.32. The maximum Gasteiger partial charge on any atom is 0.242 e. The third-order valence-electron chi connectivity index (χ3n) is 2.83. The number of pyridine rings is 1. The highest BCUT2D eigenvalue weighted by Crippen LogP contribution is 2.21. The highest BCUT2D eigenvalue weighted by molar-refractivity contribution is 7.89. The van der Waals surface area contributed by atoms with Gasteiger partial charge in [0, 0.05) is 18.8 Å². The summed E-state index contributed by atoms with van der Waals surface area (Å²) in [5.74, 6) is 0.690. The average Bonchev–Trinajstić information content (AvgIpc) is 2.25. The van der Waals surface area contributed by atoms with Crippen LogP contribution < -0.4 is 10.0 Å². The van der Waals surface area contributed by atoms with Crippen molar-refractivity contribution in [1.82, 2.24) is 9.71 Å². The summed E-state index contributed by atoms with van der Waals surface area (Å²) in [5, 5.41) is 3.02. The second kappa shape index (κ2) is 5.01. The summed E-state index contributed by atoms with van der Waals surface area (Å²) in [6.45, 7) is 2.73. The van der Waals surface area contributed by atoms with Crippen LogP contribution in [0.3, 0.4) is 0 Å². The number of nitrogens with zero attached hydrogens (tertiary/aromatic N) is 1. The van der Waals surface area contributed by atoms with E-state index < -0.39 is 10.0 Å². The molecule has 1 aliphatic carbocycles. The normalized spacial score (nSPS) is 16.5. The summed E-state index contributed by atoms with van der Waals surface area (Å²) in [4.78, 5) is 4.28. The fraction of sp³-hybridized carbons (Fsp3) is 0.545. The first kappa shape index (κ1) is 12.3. The molecule has 1 fully saturated rings. The minimum atomic E-state index is -3.39. The maximum absolute atomic E-state index is 11.9. The SMILES string of the molecule is CCNc1ccc(S(=O)(=O)NC2CCC2)cn1. The number of rotatable bonds is 5. The summed E-state index contributed by atoms with van der Waals surface area (Å²) in [7, 11) is -3.39. The van der Waals surface area contributed by atoms with Crippen molar-refractivity contribution < 1.29 is 8.42 Å². The van der Waals surface area contributed by atoms with Crippen LogP contribution in [0.5, 0.6) is 0 Å². The van der Waals surface area contributed by atoms with Gasteiger partial charge in [-0.15, -0.1) is 0 Å². The van der Waals surface area contributed by atoms with E-state index in [1.165, 1.54) is 6.20 Å². The van der Waals surface area contributed by atoms with Crippen LogP contribution in [0.15, 0.2) is 23.2 Å². The Morgan fingerprint density at radius 3 is 2.65 bits per heavy atom. The van der Waals surface area contributed by atoms with Crippen LogP contribution in [0.4, 0.5) is 5.82 Å². The van der Waals surface area contributed by atoms with Gasteiger partial charge in [-0.25, -0.2) is 18.1 Å². The minimum Gasteiger partial charge on any atom is -0.370 e. The monoisotopic (exact) mass is 255 g/mol. The van der Waals surface area contributed by atoms with Crippen molar-refractivity contribution in [3.63, 3.8) is 0 Å². The number of hydrogen-bond acceptors (Lipinski definition) is 4. The predicted molar refractivity (Wildman–Crippen MR) is 66.4 cm³/mol. The lowest BCUT2D eigenvalue weighted by Crippen LogP contribution is -2.39. The van der Waals surface area contributed by atoms with Gasteiger partial charge in [0.25, 0.3) is 0 Å². The van der Waals surface area contributed by atoms with Gasteiger partial charge < -0.3 is 5.32 Å². The number of anilines is 1. The molecule has 2 rings (SSSR count). The molecule has 0 aromatic carbocycles. The van der Waals surface area contributed by atoms with E-state index >= 15 is 0 Å². The summed E-state index contributed by atoms with van der Waals surface area (Å²) >= 11 is 0. The molecule has 6 heteroatoms. The Hall–Kier alpha value is -1.14. The fourth-order valence-electron chi connectivity index (χ4n) is 1.64. The van der Waals surface area contributed by atoms with Gasteiger partial charge in [0.15, 0.2) is 0 Å². The number of nitrogens with one attached hydrogen (secondary N) is 2. The van der Waals surface area contributed by atoms with Gasteiger partial charge in [0.2, 0.25) is 10.0 Å². The smallest absolute Gasteiger partial charge is 0.242 e. The lowest BCUT2D eigenvalue weighted by molar-refractivity contribution is 0.383. The lowest BCUT2D eigenvalue weighted by Gasteiger charge is -2.25. The molecule has 1 aromatic heterocycles. The molecule has 2 N–H and O–H groups in total. The van der Waals surface area contributed by atoms with E-state index in [9.17, 15) is 8.42 Å². The summed E-state index contributed by atoms with van der Waals surface area (Å²) in [6, 6.07) is 3.36. The molecule has 1 heterocycles. The molecule has 0 spiro atoms. The molecule has 1 aliphatic rings. The molecule has 17 heavy (non-hydrogen) atoms. The Morgan fingerprint density at radius 2 is 2.18 bits per heavy atom. The van der Waals surface area contributed by atoms with Crippen molar-refractivity contribution in [2.75, 3.05) is 11.9 Å². The molecule has 0 saturated heterocycles. The molecule has 0 bridgehead atoms. The van der Waals surface area contributed by atoms with E-state index in [2.05, 4.69) is 15.0 Å². The third kappa shape index (κ3) is 2.95. The third-order valence-corrected chi connectivity index (χ3v) is 4.34. The first-order valence-electron chi connectivity index (χ1n) is 5.84. The van der Waals surface area contributed by atoms with Crippen LogP contribution in [0.1, 0.15) is 26.2 Å². The van der Waals surface area contributed by atoms with Crippen molar-refractivity contribution in [3.8, 4) is 0 Å². The molecule has 0 aliphatic heterocycles.